The van der Waals surface area contributed by atoms with Gasteiger partial charge < -0.3 is 31.2 Å². The second-order valence-electron chi connectivity index (χ2n) is 12.5. The van der Waals surface area contributed by atoms with Gasteiger partial charge >= 0.3 is 0 Å². The van der Waals surface area contributed by atoms with E-state index >= 15 is 0 Å². The van der Waals surface area contributed by atoms with Crippen LogP contribution in [0.3, 0.4) is 0 Å². The van der Waals surface area contributed by atoms with E-state index in [1.54, 1.807) is 43.3 Å². The van der Waals surface area contributed by atoms with Crippen molar-refractivity contribution in [3.05, 3.63) is 64.9 Å². The average Bonchev–Trinajstić information content (AvgIpc) is 3.21. The van der Waals surface area contributed by atoms with Crippen LogP contribution < -0.4 is 17.0 Å². The zero-order valence-electron chi connectivity index (χ0n) is 23.4. The summed E-state index contributed by atoms with van der Waals surface area (Å²) in [5, 5.41) is 33.1. The van der Waals surface area contributed by atoms with Crippen LogP contribution in [0.25, 0.3) is 5.70 Å². The molecule has 4 aliphatic rings. The highest BCUT2D eigenvalue weighted by atomic mass is 16.6. The van der Waals surface area contributed by atoms with Gasteiger partial charge in [0.2, 0.25) is 0 Å². The monoisotopic (exact) mass is 551 g/mol. The van der Waals surface area contributed by atoms with Crippen LogP contribution in [0, 0.1) is 28.6 Å². The molecule has 0 aromatic heterocycles. The second-order valence-corrected chi connectivity index (χ2v) is 12.5. The summed E-state index contributed by atoms with van der Waals surface area (Å²) >= 11 is 0. The summed E-state index contributed by atoms with van der Waals surface area (Å²) in [6, 6.07) is 6.87. The number of hydrogen-bond acceptors (Lipinski definition) is 9. The summed E-state index contributed by atoms with van der Waals surface area (Å²) < 4.78 is 6.35. The van der Waals surface area contributed by atoms with Crippen molar-refractivity contribution in [2.45, 2.75) is 70.9 Å². The van der Waals surface area contributed by atoms with Crippen LogP contribution in [0.15, 0.2) is 53.8 Å². The van der Waals surface area contributed by atoms with E-state index in [-0.39, 0.29) is 30.0 Å². The Morgan fingerprint density at radius 1 is 1.23 bits per heavy atom. The number of aliphatic hydroxyl groups excluding tert-OH is 3. The first-order chi connectivity index (χ1) is 18.9. The van der Waals surface area contributed by atoms with E-state index in [0.29, 0.717) is 29.8 Å². The molecule has 0 aliphatic heterocycles. The predicted molar refractivity (Wildman–Crippen MR) is 149 cm³/mol. The van der Waals surface area contributed by atoms with Gasteiger partial charge in [-0.15, -0.1) is 0 Å². The SMILES string of the molecule is C/C(N)=C(/NN)c1ccc(C(O)OC2(C(=O)CO)CCC3C4CCC5=CC(=O)C=CC5(C)C4C(O)CC32C)cc1. The van der Waals surface area contributed by atoms with Gasteiger partial charge in [0.05, 0.1) is 11.8 Å². The highest BCUT2D eigenvalue weighted by Crippen LogP contribution is 2.68. The number of hydrogen-bond donors (Lipinski definition) is 6. The van der Waals surface area contributed by atoms with Crippen molar-refractivity contribution >= 4 is 17.3 Å². The Labute approximate surface area is 234 Å². The minimum Gasteiger partial charge on any atom is -0.401 e. The van der Waals surface area contributed by atoms with Crippen LogP contribution in [-0.2, 0) is 14.3 Å². The summed E-state index contributed by atoms with van der Waals surface area (Å²) in [5.41, 5.74) is 9.06. The van der Waals surface area contributed by atoms with Crippen molar-refractivity contribution in [3.8, 4) is 0 Å². The molecular weight excluding hydrogens is 510 g/mol. The summed E-state index contributed by atoms with van der Waals surface area (Å²) in [6.45, 7) is 5.07. The van der Waals surface area contributed by atoms with E-state index in [9.17, 15) is 24.9 Å². The molecule has 0 saturated heterocycles. The van der Waals surface area contributed by atoms with Crippen LogP contribution in [0.1, 0.15) is 70.3 Å². The summed E-state index contributed by atoms with van der Waals surface area (Å²) in [5.74, 6) is 5.12. The quantitative estimate of drug-likeness (QED) is 0.169. The zero-order chi connectivity index (χ0) is 29.0. The number of hydrazine groups is 1. The van der Waals surface area contributed by atoms with Crippen molar-refractivity contribution in [1.82, 2.24) is 5.43 Å². The first-order valence-corrected chi connectivity index (χ1v) is 14.1. The van der Waals surface area contributed by atoms with Crippen LogP contribution in [0.5, 0.6) is 0 Å². The lowest BCUT2D eigenvalue weighted by atomic mass is 9.46. The number of ketones is 2. The van der Waals surface area contributed by atoms with E-state index < -0.39 is 41.2 Å². The minimum absolute atomic E-state index is 0.0189. The van der Waals surface area contributed by atoms with Crippen molar-refractivity contribution in [2.75, 3.05) is 6.61 Å². The molecule has 1 aromatic carbocycles. The third kappa shape index (κ3) is 4.18. The van der Waals surface area contributed by atoms with Crippen molar-refractivity contribution in [1.29, 1.82) is 0 Å². The van der Waals surface area contributed by atoms with Gasteiger partial charge in [-0.2, -0.15) is 0 Å². The Hall–Kier alpha value is -2.82. The number of Topliss-reactive ketones (excluding diaryl/α,β-unsaturated/α-hetero) is 1. The molecule has 216 valence electrons. The number of aliphatic hydroxyl groups is 3. The predicted octanol–water partition coefficient (Wildman–Crippen LogP) is 2.38. The van der Waals surface area contributed by atoms with Gasteiger partial charge in [-0.05, 0) is 63.0 Å². The largest absolute Gasteiger partial charge is 0.401 e. The fourth-order valence-electron chi connectivity index (χ4n) is 8.66. The zero-order valence-corrected chi connectivity index (χ0v) is 23.4. The first kappa shape index (κ1) is 28.7. The van der Waals surface area contributed by atoms with Crippen molar-refractivity contribution < 1.29 is 29.6 Å². The molecule has 4 aliphatic carbocycles. The molecule has 3 saturated carbocycles. The van der Waals surface area contributed by atoms with Crippen LogP contribution >= 0.6 is 0 Å². The van der Waals surface area contributed by atoms with Gasteiger partial charge in [-0.3, -0.25) is 15.4 Å². The highest BCUT2D eigenvalue weighted by molar-refractivity contribution is 6.01. The second kappa shape index (κ2) is 10.2. The molecule has 5 rings (SSSR count). The maximum Gasteiger partial charge on any atom is 0.190 e. The normalized spacial score (nSPS) is 38.0. The summed E-state index contributed by atoms with van der Waals surface area (Å²) in [6.07, 6.45) is 5.92. The van der Waals surface area contributed by atoms with Gasteiger partial charge in [-0.1, -0.05) is 49.8 Å². The van der Waals surface area contributed by atoms with E-state index in [4.69, 9.17) is 16.3 Å². The van der Waals surface area contributed by atoms with Crippen LogP contribution in [0.2, 0.25) is 0 Å². The lowest BCUT2D eigenvalue weighted by molar-refractivity contribution is -0.243. The maximum atomic E-state index is 13.5. The number of ether oxygens (including phenoxy) is 1. The lowest BCUT2D eigenvalue weighted by Crippen LogP contribution is -2.62. The molecule has 8 atom stereocenters. The number of carbonyl (C=O) groups excluding carboxylic acids is 2. The summed E-state index contributed by atoms with van der Waals surface area (Å²) in [7, 11) is 0. The molecule has 0 heterocycles. The van der Waals surface area contributed by atoms with Gasteiger partial charge in [0, 0.05) is 33.6 Å². The molecule has 1 aromatic rings. The average molecular weight is 552 g/mol. The van der Waals surface area contributed by atoms with Gasteiger partial charge in [0.15, 0.2) is 17.9 Å². The Bertz CT molecular complexity index is 1280. The van der Waals surface area contributed by atoms with E-state index in [1.165, 1.54) is 0 Å². The molecule has 9 nitrogen and oxygen atoms in total. The molecule has 0 amide bonds. The standard InChI is InChI=1S/C31H41N3O6/c1-17(32)27(34-33)18-4-6-19(7-5-18)28(39)40-31(25(38)16-35)13-11-23-22-9-8-20-14-21(36)10-12-29(20,2)26(22)24(37)15-30(23,31)3/h4-7,10,12,14,22-24,26,28,34-35,37,39H,8-9,11,13,15-16,32-33H2,1-3H3/b27-17-. The fourth-order valence-corrected chi connectivity index (χ4v) is 8.66. The molecule has 9 heteroatoms. The molecule has 3 fully saturated rings. The Balaban J connectivity index is 1.47. The molecule has 40 heavy (non-hydrogen) atoms. The number of allylic oxidation sites excluding steroid dienone is 5. The smallest absolute Gasteiger partial charge is 0.190 e. The minimum atomic E-state index is -1.47. The summed E-state index contributed by atoms with van der Waals surface area (Å²) in [4.78, 5) is 25.6. The Kier molecular flexibility index (Phi) is 7.34. The van der Waals surface area contributed by atoms with E-state index in [2.05, 4.69) is 12.3 Å². The number of fused-ring (bicyclic) bond motifs is 5. The number of nitrogens with one attached hydrogen (secondary N) is 1. The van der Waals surface area contributed by atoms with Crippen molar-refractivity contribution in [3.63, 3.8) is 0 Å². The first-order valence-electron chi connectivity index (χ1n) is 14.1. The molecule has 8 unspecified atom stereocenters. The third-order valence-corrected chi connectivity index (χ3v) is 10.5. The number of benzene rings is 1. The van der Waals surface area contributed by atoms with Gasteiger partial charge in [0.1, 0.15) is 12.2 Å². The maximum absolute atomic E-state index is 13.5. The van der Waals surface area contributed by atoms with E-state index in [1.807, 2.05) is 13.0 Å². The highest BCUT2D eigenvalue weighted by Gasteiger charge is 2.69. The Morgan fingerprint density at radius 2 is 1.93 bits per heavy atom. The number of nitrogens with two attached hydrogens (primary N) is 2. The molecule has 0 radical (unpaired) electrons. The van der Waals surface area contributed by atoms with Crippen LogP contribution in [0.4, 0.5) is 0 Å². The van der Waals surface area contributed by atoms with Crippen LogP contribution in [-0.4, -0.2) is 45.2 Å². The van der Waals surface area contributed by atoms with E-state index in [0.717, 1.165) is 24.0 Å². The lowest BCUT2D eigenvalue weighted by Gasteiger charge is -2.60. The van der Waals surface area contributed by atoms with Gasteiger partial charge in [-0.25, -0.2) is 0 Å². The number of carbonyl (C=O) groups is 2. The molecule has 8 N–H and O–H groups in total. The third-order valence-electron chi connectivity index (χ3n) is 10.5. The molecule has 0 spiro atoms. The Morgan fingerprint density at radius 3 is 2.55 bits per heavy atom. The fraction of sp³-hybridized carbons (Fsp3) is 0.548. The van der Waals surface area contributed by atoms with Gasteiger partial charge in [0.25, 0.3) is 0 Å². The van der Waals surface area contributed by atoms with Crippen molar-refractivity contribution in [2.24, 2.45) is 40.2 Å². The topological polar surface area (TPSA) is 168 Å². The molecule has 0 bridgehead atoms. The molecular formula is C31H41N3O6. The number of rotatable bonds is 7.